The number of furan rings is 1. The quantitative estimate of drug-likeness (QED) is 0.868. The summed E-state index contributed by atoms with van der Waals surface area (Å²) in [6, 6.07) is 3.80. The summed E-state index contributed by atoms with van der Waals surface area (Å²) < 4.78 is 12.7. The van der Waals surface area contributed by atoms with E-state index in [1.807, 2.05) is 26.1 Å². The van der Waals surface area contributed by atoms with Crippen molar-refractivity contribution in [1.82, 2.24) is 14.7 Å². The van der Waals surface area contributed by atoms with Gasteiger partial charge in [0.1, 0.15) is 11.5 Å². The molecule has 1 unspecified atom stereocenters. The third-order valence-electron chi connectivity index (χ3n) is 3.94. The van der Waals surface area contributed by atoms with Crippen LogP contribution in [0.1, 0.15) is 39.9 Å². The Hall–Kier alpha value is -2.08. The number of aromatic nitrogens is 2. The van der Waals surface area contributed by atoms with Crippen LogP contribution in [0.3, 0.4) is 0 Å². The van der Waals surface area contributed by atoms with E-state index in [1.165, 1.54) is 0 Å². The molecular weight excluding hydrogens is 282 g/mol. The van der Waals surface area contributed by atoms with Crippen LogP contribution in [-0.4, -0.2) is 40.8 Å². The average Bonchev–Trinajstić information content (AvgIpc) is 3.18. The maximum absolute atomic E-state index is 12.7. The summed E-state index contributed by atoms with van der Waals surface area (Å²) in [7, 11) is 3.62. The Morgan fingerprint density at radius 1 is 1.50 bits per heavy atom. The van der Waals surface area contributed by atoms with Gasteiger partial charge in [-0.2, -0.15) is 5.10 Å². The standard InChI is InChI=1S/C16H21N3O3/c1-11-4-5-13(22-11)8-18(2)16(20)14-9-19(3)17-15(14)12-6-7-21-10-12/h4-5,9,12H,6-8,10H2,1-3H3. The van der Waals surface area contributed by atoms with Gasteiger partial charge in [0.05, 0.1) is 24.4 Å². The van der Waals surface area contributed by atoms with Crippen molar-refractivity contribution >= 4 is 5.91 Å². The molecule has 1 atom stereocenters. The van der Waals surface area contributed by atoms with Crippen molar-refractivity contribution in [2.75, 3.05) is 20.3 Å². The first-order valence-electron chi connectivity index (χ1n) is 7.46. The number of hydrogen-bond acceptors (Lipinski definition) is 4. The first-order valence-corrected chi connectivity index (χ1v) is 7.46. The van der Waals surface area contributed by atoms with Crippen molar-refractivity contribution in [3.05, 3.63) is 41.1 Å². The Morgan fingerprint density at radius 2 is 2.32 bits per heavy atom. The maximum Gasteiger partial charge on any atom is 0.257 e. The normalized spacial score (nSPS) is 17.9. The van der Waals surface area contributed by atoms with E-state index in [1.54, 1.807) is 22.8 Å². The third-order valence-corrected chi connectivity index (χ3v) is 3.94. The minimum absolute atomic E-state index is 0.0379. The summed E-state index contributed by atoms with van der Waals surface area (Å²) in [5.74, 6) is 1.80. The van der Waals surface area contributed by atoms with Crippen molar-refractivity contribution in [2.45, 2.75) is 25.8 Å². The van der Waals surface area contributed by atoms with E-state index in [0.29, 0.717) is 18.7 Å². The van der Waals surface area contributed by atoms with Crippen molar-refractivity contribution in [3.8, 4) is 0 Å². The summed E-state index contributed by atoms with van der Waals surface area (Å²) in [5.41, 5.74) is 1.50. The topological polar surface area (TPSA) is 60.5 Å². The van der Waals surface area contributed by atoms with Crippen LogP contribution in [0.4, 0.5) is 0 Å². The van der Waals surface area contributed by atoms with Gasteiger partial charge in [-0.3, -0.25) is 9.48 Å². The molecule has 0 saturated carbocycles. The molecule has 0 N–H and O–H groups in total. The van der Waals surface area contributed by atoms with Gasteiger partial charge in [0.15, 0.2) is 0 Å². The molecule has 3 heterocycles. The number of ether oxygens (including phenoxy) is 1. The van der Waals surface area contributed by atoms with Gasteiger partial charge < -0.3 is 14.1 Å². The predicted molar refractivity (Wildman–Crippen MR) is 80.6 cm³/mol. The molecule has 0 bridgehead atoms. The van der Waals surface area contributed by atoms with E-state index >= 15 is 0 Å². The number of hydrogen-bond donors (Lipinski definition) is 0. The predicted octanol–water partition coefficient (Wildman–Crippen LogP) is 2.10. The van der Waals surface area contributed by atoms with Crippen LogP contribution in [0.2, 0.25) is 0 Å². The third kappa shape index (κ3) is 2.92. The van der Waals surface area contributed by atoms with E-state index in [-0.39, 0.29) is 11.8 Å². The van der Waals surface area contributed by atoms with E-state index in [4.69, 9.17) is 9.15 Å². The van der Waals surface area contributed by atoms with Crippen LogP contribution >= 0.6 is 0 Å². The van der Waals surface area contributed by atoms with Crippen molar-refractivity contribution in [2.24, 2.45) is 7.05 Å². The van der Waals surface area contributed by atoms with Crippen LogP contribution in [0, 0.1) is 6.92 Å². The molecule has 22 heavy (non-hydrogen) atoms. The summed E-state index contributed by atoms with van der Waals surface area (Å²) in [6.45, 7) is 3.71. The Morgan fingerprint density at radius 3 is 2.95 bits per heavy atom. The number of carbonyl (C=O) groups excluding carboxylic acids is 1. The number of nitrogens with zero attached hydrogens (tertiary/aromatic N) is 3. The van der Waals surface area contributed by atoms with Gasteiger partial charge in [-0.25, -0.2) is 0 Å². The average molecular weight is 303 g/mol. The van der Waals surface area contributed by atoms with E-state index in [9.17, 15) is 4.79 Å². The Bertz CT molecular complexity index is 668. The highest BCUT2D eigenvalue weighted by atomic mass is 16.5. The zero-order valence-corrected chi connectivity index (χ0v) is 13.2. The van der Waals surface area contributed by atoms with Crippen LogP contribution in [0.15, 0.2) is 22.7 Å². The minimum Gasteiger partial charge on any atom is -0.464 e. The molecular formula is C16H21N3O3. The maximum atomic E-state index is 12.7. The minimum atomic E-state index is -0.0379. The van der Waals surface area contributed by atoms with Crippen molar-refractivity contribution < 1.29 is 13.9 Å². The molecule has 6 nitrogen and oxygen atoms in total. The Balaban J connectivity index is 1.79. The van der Waals surface area contributed by atoms with Crippen LogP contribution < -0.4 is 0 Å². The fourth-order valence-corrected chi connectivity index (χ4v) is 2.80. The monoisotopic (exact) mass is 303 g/mol. The lowest BCUT2D eigenvalue weighted by atomic mass is 10.0. The summed E-state index contributed by atoms with van der Waals surface area (Å²) in [5, 5.41) is 4.47. The molecule has 1 aliphatic rings. The number of aryl methyl sites for hydroxylation is 2. The van der Waals surface area contributed by atoms with Gasteiger partial charge in [0.25, 0.3) is 5.91 Å². The molecule has 6 heteroatoms. The van der Waals surface area contributed by atoms with E-state index < -0.39 is 0 Å². The zero-order chi connectivity index (χ0) is 15.7. The Labute approximate surface area is 129 Å². The smallest absolute Gasteiger partial charge is 0.257 e. The van der Waals surface area contributed by atoms with Gasteiger partial charge in [0.2, 0.25) is 0 Å². The van der Waals surface area contributed by atoms with Gasteiger partial charge in [-0.15, -0.1) is 0 Å². The second-order valence-corrected chi connectivity index (χ2v) is 5.84. The fraction of sp³-hybridized carbons (Fsp3) is 0.500. The molecule has 0 aromatic carbocycles. The molecule has 2 aromatic heterocycles. The van der Waals surface area contributed by atoms with Crippen molar-refractivity contribution in [3.63, 3.8) is 0 Å². The number of carbonyl (C=O) groups is 1. The fourth-order valence-electron chi connectivity index (χ4n) is 2.80. The first-order chi connectivity index (χ1) is 10.5. The summed E-state index contributed by atoms with van der Waals surface area (Å²) in [4.78, 5) is 14.4. The van der Waals surface area contributed by atoms with E-state index in [0.717, 1.165) is 30.2 Å². The lowest BCUT2D eigenvalue weighted by Crippen LogP contribution is -2.27. The van der Waals surface area contributed by atoms with Crippen LogP contribution in [-0.2, 0) is 18.3 Å². The largest absolute Gasteiger partial charge is 0.464 e. The lowest BCUT2D eigenvalue weighted by molar-refractivity contribution is 0.0773. The molecule has 0 aliphatic carbocycles. The molecule has 1 amide bonds. The van der Waals surface area contributed by atoms with Crippen LogP contribution in [0.5, 0.6) is 0 Å². The molecule has 1 fully saturated rings. The van der Waals surface area contributed by atoms with Gasteiger partial charge in [0, 0.05) is 32.8 Å². The van der Waals surface area contributed by atoms with Gasteiger partial charge in [-0.05, 0) is 25.5 Å². The summed E-state index contributed by atoms with van der Waals surface area (Å²) in [6.07, 6.45) is 2.71. The SMILES string of the molecule is Cc1ccc(CN(C)C(=O)c2cn(C)nc2C2CCOC2)o1. The molecule has 118 valence electrons. The highest BCUT2D eigenvalue weighted by molar-refractivity contribution is 5.95. The second-order valence-electron chi connectivity index (χ2n) is 5.84. The summed E-state index contributed by atoms with van der Waals surface area (Å²) >= 11 is 0. The van der Waals surface area contributed by atoms with Gasteiger partial charge >= 0.3 is 0 Å². The van der Waals surface area contributed by atoms with E-state index in [2.05, 4.69) is 5.10 Å². The molecule has 0 radical (unpaired) electrons. The highest BCUT2D eigenvalue weighted by Crippen LogP contribution is 2.27. The molecule has 3 rings (SSSR count). The Kier molecular flexibility index (Phi) is 4.02. The number of rotatable bonds is 4. The van der Waals surface area contributed by atoms with Crippen molar-refractivity contribution in [1.29, 1.82) is 0 Å². The van der Waals surface area contributed by atoms with Gasteiger partial charge in [-0.1, -0.05) is 0 Å². The lowest BCUT2D eigenvalue weighted by Gasteiger charge is -2.16. The molecule has 1 aliphatic heterocycles. The second kappa shape index (κ2) is 5.96. The van der Waals surface area contributed by atoms with Crippen LogP contribution in [0.25, 0.3) is 0 Å². The molecule has 0 spiro atoms. The zero-order valence-electron chi connectivity index (χ0n) is 13.2. The molecule has 1 saturated heterocycles. The molecule has 2 aromatic rings. The number of amides is 1. The first kappa shape index (κ1) is 14.8. The highest BCUT2D eigenvalue weighted by Gasteiger charge is 2.28.